The summed E-state index contributed by atoms with van der Waals surface area (Å²) in [4.78, 5) is 8.26. The lowest BCUT2D eigenvalue weighted by Crippen LogP contribution is -2.57. The van der Waals surface area contributed by atoms with E-state index in [0.29, 0.717) is 6.04 Å². The van der Waals surface area contributed by atoms with Gasteiger partial charge >= 0.3 is 0 Å². The Morgan fingerprint density at radius 2 is 2.16 bits per heavy atom. The SMILES string of the molecule is CCCNC(Cc1cncs1)C(C)(C)N1CCCC1. The van der Waals surface area contributed by atoms with Crippen molar-refractivity contribution < 1.29 is 0 Å². The average molecular weight is 281 g/mol. The molecule has 1 N–H and O–H groups in total. The number of rotatable bonds is 7. The van der Waals surface area contributed by atoms with E-state index in [-0.39, 0.29) is 5.54 Å². The second-order valence-electron chi connectivity index (χ2n) is 6.03. The Balaban J connectivity index is 2.06. The number of hydrogen-bond acceptors (Lipinski definition) is 4. The van der Waals surface area contributed by atoms with Crippen LogP contribution in [0.2, 0.25) is 0 Å². The number of nitrogens with one attached hydrogen (secondary N) is 1. The molecular formula is C15H27N3S. The highest BCUT2D eigenvalue weighted by Crippen LogP contribution is 2.27. The van der Waals surface area contributed by atoms with Crippen molar-refractivity contribution >= 4 is 11.3 Å². The van der Waals surface area contributed by atoms with Crippen molar-refractivity contribution in [3.05, 3.63) is 16.6 Å². The third-order valence-corrected chi connectivity index (χ3v) is 5.11. The summed E-state index contributed by atoms with van der Waals surface area (Å²) in [5.74, 6) is 0. The van der Waals surface area contributed by atoms with Gasteiger partial charge in [0.15, 0.2) is 0 Å². The molecule has 19 heavy (non-hydrogen) atoms. The van der Waals surface area contributed by atoms with Crippen LogP contribution in [0.1, 0.15) is 44.9 Å². The van der Waals surface area contributed by atoms with E-state index in [1.807, 2.05) is 11.7 Å². The van der Waals surface area contributed by atoms with Gasteiger partial charge in [-0.1, -0.05) is 6.92 Å². The van der Waals surface area contributed by atoms with Crippen molar-refractivity contribution in [2.24, 2.45) is 0 Å². The summed E-state index contributed by atoms with van der Waals surface area (Å²) >= 11 is 1.77. The Hall–Kier alpha value is -0.450. The fourth-order valence-electron chi connectivity index (χ4n) is 2.95. The smallest absolute Gasteiger partial charge is 0.0794 e. The van der Waals surface area contributed by atoms with Gasteiger partial charge < -0.3 is 5.32 Å². The number of hydrogen-bond donors (Lipinski definition) is 1. The van der Waals surface area contributed by atoms with Gasteiger partial charge in [0, 0.05) is 29.1 Å². The van der Waals surface area contributed by atoms with Crippen molar-refractivity contribution in [1.82, 2.24) is 15.2 Å². The van der Waals surface area contributed by atoms with Gasteiger partial charge in [0.25, 0.3) is 0 Å². The van der Waals surface area contributed by atoms with Gasteiger partial charge in [-0.2, -0.15) is 0 Å². The van der Waals surface area contributed by atoms with E-state index >= 15 is 0 Å². The van der Waals surface area contributed by atoms with Gasteiger partial charge in [-0.25, -0.2) is 0 Å². The second-order valence-corrected chi connectivity index (χ2v) is 7.00. The van der Waals surface area contributed by atoms with E-state index in [4.69, 9.17) is 0 Å². The topological polar surface area (TPSA) is 28.2 Å². The van der Waals surface area contributed by atoms with Gasteiger partial charge in [0.05, 0.1) is 5.51 Å². The zero-order valence-electron chi connectivity index (χ0n) is 12.5. The lowest BCUT2D eigenvalue weighted by atomic mass is 9.89. The minimum absolute atomic E-state index is 0.218. The van der Waals surface area contributed by atoms with E-state index in [1.54, 1.807) is 11.3 Å². The van der Waals surface area contributed by atoms with Crippen LogP contribution in [0.4, 0.5) is 0 Å². The maximum absolute atomic E-state index is 4.21. The largest absolute Gasteiger partial charge is 0.312 e. The Morgan fingerprint density at radius 3 is 2.74 bits per heavy atom. The molecule has 3 nitrogen and oxygen atoms in total. The van der Waals surface area contributed by atoms with Crippen molar-refractivity contribution in [3.8, 4) is 0 Å². The molecule has 1 fully saturated rings. The maximum atomic E-state index is 4.21. The van der Waals surface area contributed by atoms with Crippen molar-refractivity contribution in [2.45, 2.75) is 58.0 Å². The van der Waals surface area contributed by atoms with Gasteiger partial charge in [-0.15, -0.1) is 11.3 Å². The van der Waals surface area contributed by atoms with E-state index < -0.39 is 0 Å². The monoisotopic (exact) mass is 281 g/mol. The van der Waals surface area contributed by atoms with Gasteiger partial charge in [-0.3, -0.25) is 9.88 Å². The van der Waals surface area contributed by atoms with Crippen LogP contribution in [0.5, 0.6) is 0 Å². The molecule has 0 radical (unpaired) electrons. The average Bonchev–Trinajstić information content (AvgIpc) is 3.06. The molecule has 1 aliphatic heterocycles. The standard InChI is InChI=1S/C15H27N3S/c1-4-7-17-14(10-13-11-16-12-19-13)15(2,3)18-8-5-6-9-18/h11-12,14,17H,4-10H2,1-3H3. The quantitative estimate of drug-likeness (QED) is 0.833. The number of nitrogens with zero attached hydrogens (tertiary/aromatic N) is 2. The van der Waals surface area contributed by atoms with Gasteiger partial charge in [0.2, 0.25) is 0 Å². The molecule has 1 atom stereocenters. The maximum Gasteiger partial charge on any atom is 0.0794 e. The molecule has 0 spiro atoms. The summed E-state index contributed by atoms with van der Waals surface area (Å²) in [6, 6.07) is 0.506. The first kappa shape index (κ1) is 14.9. The molecule has 0 aliphatic carbocycles. The summed E-state index contributed by atoms with van der Waals surface area (Å²) in [6.45, 7) is 10.6. The lowest BCUT2D eigenvalue weighted by Gasteiger charge is -2.42. The summed E-state index contributed by atoms with van der Waals surface area (Å²) in [5.41, 5.74) is 2.16. The van der Waals surface area contributed by atoms with Crippen LogP contribution in [0, 0.1) is 0 Å². The molecule has 0 aromatic carbocycles. The molecule has 1 unspecified atom stereocenters. The van der Waals surface area contributed by atoms with Crippen molar-refractivity contribution in [3.63, 3.8) is 0 Å². The van der Waals surface area contributed by atoms with Crippen LogP contribution in [-0.2, 0) is 6.42 Å². The fraction of sp³-hybridized carbons (Fsp3) is 0.800. The Kier molecular flexibility index (Phi) is 5.37. The molecule has 1 saturated heterocycles. The van der Waals surface area contributed by atoms with Crippen LogP contribution in [0.15, 0.2) is 11.7 Å². The molecule has 0 bridgehead atoms. The molecule has 2 heterocycles. The lowest BCUT2D eigenvalue weighted by molar-refractivity contribution is 0.107. The highest BCUT2D eigenvalue weighted by Gasteiger charge is 2.36. The molecule has 2 rings (SSSR count). The van der Waals surface area contributed by atoms with Gasteiger partial charge in [-0.05, 0) is 52.7 Å². The van der Waals surface area contributed by atoms with Crippen LogP contribution in [0.25, 0.3) is 0 Å². The molecule has 0 amide bonds. The number of likely N-dealkylation sites (tertiary alicyclic amines) is 1. The van der Waals surface area contributed by atoms with E-state index in [0.717, 1.165) is 13.0 Å². The van der Waals surface area contributed by atoms with E-state index in [9.17, 15) is 0 Å². The van der Waals surface area contributed by atoms with Crippen molar-refractivity contribution in [1.29, 1.82) is 0 Å². The summed E-state index contributed by atoms with van der Waals surface area (Å²) in [6.07, 6.45) is 7.00. The van der Waals surface area contributed by atoms with Crippen LogP contribution in [0.3, 0.4) is 0 Å². The first-order chi connectivity index (χ1) is 9.14. The third-order valence-electron chi connectivity index (χ3n) is 4.30. The first-order valence-electron chi connectivity index (χ1n) is 7.50. The fourth-order valence-corrected chi connectivity index (χ4v) is 3.59. The minimum atomic E-state index is 0.218. The first-order valence-corrected chi connectivity index (χ1v) is 8.38. The highest BCUT2D eigenvalue weighted by atomic mass is 32.1. The summed E-state index contributed by atoms with van der Waals surface area (Å²) in [7, 11) is 0. The zero-order valence-corrected chi connectivity index (χ0v) is 13.3. The Bertz CT molecular complexity index is 355. The van der Waals surface area contributed by atoms with Crippen LogP contribution >= 0.6 is 11.3 Å². The van der Waals surface area contributed by atoms with E-state index in [2.05, 4.69) is 36.0 Å². The van der Waals surface area contributed by atoms with Gasteiger partial charge in [0.1, 0.15) is 0 Å². The predicted octanol–water partition coefficient (Wildman–Crippen LogP) is 2.93. The summed E-state index contributed by atoms with van der Waals surface area (Å²) < 4.78 is 0. The summed E-state index contributed by atoms with van der Waals surface area (Å²) in [5, 5.41) is 3.76. The molecule has 1 aromatic heterocycles. The highest BCUT2D eigenvalue weighted by molar-refractivity contribution is 7.09. The zero-order chi connectivity index (χ0) is 13.7. The molecule has 108 valence electrons. The van der Waals surface area contributed by atoms with Crippen LogP contribution < -0.4 is 5.32 Å². The molecule has 1 aromatic rings. The Morgan fingerprint density at radius 1 is 1.42 bits per heavy atom. The molecule has 4 heteroatoms. The molecular weight excluding hydrogens is 254 g/mol. The Labute approximate surface area is 121 Å². The number of aromatic nitrogens is 1. The predicted molar refractivity (Wildman–Crippen MR) is 82.8 cm³/mol. The molecule has 1 aliphatic rings. The number of thiazole rings is 1. The second kappa shape index (κ2) is 6.82. The normalized spacial score (nSPS) is 18.9. The minimum Gasteiger partial charge on any atom is -0.312 e. The van der Waals surface area contributed by atoms with E-state index in [1.165, 1.54) is 37.2 Å². The van der Waals surface area contributed by atoms with Crippen LogP contribution in [-0.4, -0.2) is 41.1 Å². The van der Waals surface area contributed by atoms with Crippen molar-refractivity contribution in [2.75, 3.05) is 19.6 Å². The molecule has 0 saturated carbocycles. The third kappa shape index (κ3) is 3.77.